The zero-order chi connectivity index (χ0) is 15.2. The number of unbranched alkanes of at least 4 members (excludes halogenated alkanes) is 3. The van der Waals surface area contributed by atoms with Crippen molar-refractivity contribution in [2.75, 3.05) is 13.2 Å². The Morgan fingerprint density at radius 2 is 1.90 bits per heavy atom. The number of carbonyl (C=O) groups excluding carboxylic acids is 2. The van der Waals surface area contributed by atoms with Gasteiger partial charge in [-0.15, -0.1) is 6.58 Å². The molecule has 0 aromatic heterocycles. The number of carbonyl (C=O) groups is 2. The number of hydrogen-bond donors (Lipinski definition) is 1. The van der Waals surface area contributed by atoms with Gasteiger partial charge in [0.1, 0.15) is 12.6 Å². The van der Waals surface area contributed by atoms with Gasteiger partial charge >= 0.3 is 12.1 Å². The van der Waals surface area contributed by atoms with Gasteiger partial charge in [0.15, 0.2) is 0 Å². The van der Waals surface area contributed by atoms with Crippen molar-refractivity contribution in [1.82, 2.24) is 5.32 Å². The van der Waals surface area contributed by atoms with E-state index in [9.17, 15) is 9.59 Å². The first-order valence-corrected chi connectivity index (χ1v) is 6.97. The maximum Gasteiger partial charge on any atom is 0.408 e. The largest absolute Gasteiger partial charge is 0.464 e. The Morgan fingerprint density at radius 1 is 1.15 bits per heavy atom. The van der Waals surface area contributed by atoms with Crippen LogP contribution >= 0.6 is 0 Å². The summed E-state index contributed by atoms with van der Waals surface area (Å²) in [5.74, 6) is -0.461. The summed E-state index contributed by atoms with van der Waals surface area (Å²) in [5, 5.41) is 2.45. The van der Waals surface area contributed by atoms with Gasteiger partial charge in [-0.1, -0.05) is 44.9 Å². The van der Waals surface area contributed by atoms with Crippen LogP contribution in [0.3, 0.4) is 0 Å². The third-order valence-electron chi connectivity index (χ3n) is 2.55. The van der Waals surface area contributed by atoms with Gasteiger partial charge in [-0.2, -0.15) is 0 Å². The molecule has 1 atom stereocenters. The van der Waals surface area contributed by atoms with Crippen LogP contribution in [0.4, 0.5) is 4.79 Å². The molecule has 0 aliphatic carbocycles. The maximum atomic E-state index is 11.8. The predicted octanol–water partition coefficient (Wildman–Crippen LogP) is 2.97. The number of alkyl carbamates (subject to hydrolysis) is 1. The lowest BCUT2D eigenvalue weighted by Crippen LogP contribution is -2.42. The van der Waals surface area contributed by atoms with Crippen LogP contribution in [0.25, 0.3) is 0 Å². The molecule has 114 valence electrons. The number of nitrogens with one attached hydrogen (secondary N) is 1. The van der Waals surface area contributed by atoms with E-state index in [0.717, 1.165) is 25.7 Å². The standard InChI is InChI=1S/C15H25NO4/c1-4-7-8-9-12-19-14(17)13(10-5-2)16-15(18)20-11-6-3/h5-6,13H,2-4,7-12H2,1H3,(H,16,18). The number of hydrogen-bond acceptors (Lipinski definition) is 4. The molecule has 0 fully saturated rings. The van der Waals surface area contributed by atoms with Crippen LogP contribution in [-0.4, -0.2) is 31.3 Å². The van der Waals surface area contributed by atoms with E-state index in [1.807, 2.05) is 0 Å². The molecule has 5 heteroatoms. The average Bonchev–Trinajstić information content (AvgIpc) is 2.44. The number of ether oxygens (including phenoxy) is 2. The van der Waals surface area contributed by atoms with Gasteiger partial charge in [-0.05, 0) is 12.8 Å². The summed E-state index contributed by atoms with van der Waals surface area (Å²) in [6.07, 6.45) is 6.76. The summed E-state index contributed by atoms with van der Waals surface area (Å²) >= 11 is 0. The Kier molecular flexibility index (Phi) is 11.2. The minimum absolute atomic E-state index is 0.0959. The van der Waals surface area contributed by atoms with Crippen LogP contribution in [0.2, 0.25) is 0 Å². The molecule has 0 aromatic rings. The van der Waals surface area contributed by atoms with E-state index in [0.29, 0.717) is 13.0 Å². The minimum atomic E-state index is -0.754. The minimum Gasteiger partial charge on any atom is -0.464 e. The number of esters is 1. The molecule has 0 spiro atoms. The monoisotopic (exact) mass is 283 g/mol. The van der Waals surface area contributed by atoms with Gasteiger partial charge in [0, 0.05) is 0 Å². The summed E-state index contributed by atoms with van der Waals surface area (Å²) in [5.41, 5.74) is 0. The fourth-order valence-electron chi connectivity index (χ4n) is 1.50. The van der Waals surface area contributed by atoms with Crippen LogP contribution < -0.4 is 5.32 Å². The molecule has 0 heterocycles. The van der Waals surface area contributed by atoms with E-state index in [-0.39, 0.29) is 6.61 Å². The highest BCUT2D eigenvalue weighted by molar-refractivity contribution is 5.81. The maximum absolute atomic E-state index is 11.8. The molecule has 1 amide bonds. The summed E-state index contributed by atoms with van der Waals surface area (Å²) in [6.45, 7) is 9.58. The van der Waals surface area contributed by atoms with Crippen LogP contribution in [0.15, 0.2) is 25.3 Å². The molecule has 1 N–H and O–H groups in total. The molecule has 1 unspecified atom stereocenters. The normalized spacial score (nSPS) is 11.2. The van der Waals surface area contributed by atoms with Gasteiger partial charge in [0.05, 0.1) is 6.61 Å². The fraction of sp³-hybridized carbons (Fsp3) is 0.600. The molecule has 0 radical (unpaired) electrons. The Balaban J connectivity index is 4.08. The van der Waals surface area contributed by atoms with E-state index in [4.69, 9.17) is 9.47 Å². The van der Waals surface area contributed by atoms with Gasteiger partial charge < -0.3 is 14.8 Å². The van der Waals surface area contributed by atoms with E-state index in [1.165, 1.54) is 6.08 Å². The van der Waals surface area contributed by atoms with E-state index < -0.39 is 18.1 Å². The third kappa shape index (κ3) is 9.19. The van der Waals surface area contributed by atoms with Crippen molar-refractivity contribution in [1.29, 1.82) is 0 Å². The van der Waals surface area contributed by atoms with Crippen molar-refractivity contribution < 1.29 is 19.1 Å². The highest BCUT2D eigenvalue weighted by Crippen LogP contribution is 2.02. The highest BCUT2D eigenvalue weighted by Gasteiger charge is 2.21. The van der Waals surface area contributed by atoms with Crippen molar-refractivity contribution in [3.63, 3.8) is 0 Å². The van der Waals surface area contributed by atoms with E-state index in [1.54, 1.807) is 6.08 Å². The smallest absolute Gasteiger partial charge is 0.408 e. The zero-order valence-corrected chi connectivity index (χ0v) is 12.2. The quantitative estimate of drug-likeness (QED) is 0.360. The number of rotatable bonds is 11. The Bertz CT molecular complexity index is 315. The Hall–Kier alpha value is -1.78. The predicted molar refractivity (Wildman–Crippen MR) is 78.4 cm³/mol. The molecule has 0 saturated carbocycles. The van der Waals surface area contributed by atoms with Gasteiger partial charge in [-0.25, -0.2) is 9.59 Å². The topological polar surface area (TPSA) is 64.6 Å². The molecule has 0 aliphatic heterocycles. The first-order chi connectivity index (χ1) is 9.65. The Morgan fingerprint density at radius 3 is 2.50 bits per heavy atom. The molecule has 20 heavy (non-hydrogen) atoms. The van der Waals surface area contributed by atoms with Crippen molar-refractivity contribution in [2.24, 2.45) is 0 Å². The molecule has 0 saturated heterocycles. The van der Waals surface area contributed by atoms with Crippen molar-refractivity contribution in [2.45, 2.75) is 45.1 Å². The second-order valence-corrected chi connectivity index (χ2v) is 4.34. The molecule has 0 aliphatic rings. The lowest BCUT2D eigenvalue weighted by Gasteiger charge is -2.15. The first-order valence-electron chi connectivity index (χ1n) is 6.97. The fourth-order valence-corrected chi connectivity index (χ4v) is 1.50. The number of amides is 1. The van der Waals surface area contributed by atoms with Crippen LogP contribution in [0.1, 0.15) is 39.0 Å². The molecule has 5 nitrogen and oxygen atoms in total. The summed E-state index contributed by atoms with van der Waals surface area (Å²) in [6, 6.07) is -0.754. The van der Waals surface area contributed by atoms with Crippen molar-refractivity contribution in [3.05, 3.63) is 25.3 Å². The van der Waals surface area contributed by atoms with E-state index >= 15 is 0 Å². The van der Waals surface area contributed by atoms with E-state index in [2.05, 4.69) is 25.4 Å². The van der Waals surface area contributed by atoms with Crippen LogP contribution in [-0.2, 0) is 14.3 Å². The summed E-state index contributed by atoms with van der Waals surface area (Å²) < 4.78 is 9.90. The molecular formula is C15H25NO4. The molecule has 0 rings (SSSR count). The lowest BCUT2D eigenvalue weighted by atomic mass is 10.2. The highest BCUT2D eigenvalue weighted by atomic mass is 16.6. The third-order valence-corrected chi connectivity index (χ3v) is 2.55. The average molecular weight is 283 g/mol. The van der Waals surface area contributed by atoms with Gasteiger partial charge in [-0.3, -0.25) is 0 Å². The zero-order valence-electron chi connectivity index (χ0n) is 12.2. The van der Waals surface area contributed by atoms with Crippen LogP contribution in [0, 0.1) is 0 Å². The summed E-state index contributed by atoms with van der Waals surface area (Å²) in [4.78, 5) is 23.2. The SMILES string of the molecule is C=CCOC(=O)NC(CC=C)C(=O)OCCCCCC. The van der Waals surface area contributed by atoms with Crippen LogP contribution in [0.5, 0.6) is 0 Å². The van der Waals surface area contributed by atoms with Gasteiger partial charge in [0.25, 0.3) is 0 Å². The van der Waals surface area contributed by atoms with Gasteiger partial charge in [0.2, 0.25) is 0 Å². The molecular weight excluding hydrogens is 258 g/mol. The second kappa shape index (κ2) is 12.3. The second-order valence-electron chi connectivity index (χ2n) is 4.34. The lowest BCUT2D eigenvalue weighted by molar-refractivity contribution is -0.146. The molecule has 0 bridgehead atoms. The molecule has 0 aromatic carbocycles. The first kappa shape index (κ1) is 18.2. The Labute approximate surface area is 121 Å². The van der Waals surface area contributed by atoms with Crippen molar-refractivity contribution >= 4 is 12.1 Å². The summed E-state index contributed by atoms with van der Waals surface area (Å²) in [7, 11) is 0. The van der Waals surface area contributed by atoms with Crippen molar-refractivity contribution in [3.8, 4) is 0 Å².